The summed E-state index contributed by atoms with van der Waals surface area (Å²) in [7, 11) is 0. The molecule has 36 valence electrons. The molecule has 0 unspecified atom stereocenters. The Kier molecular flexibility index (Phi) is 0.810. The van der Waals surface area contributed by atoms with Crippen LogP contribution in [0.1, 0.15) is 14.7 Å². The molecule has 0 spiro atoms. The zero-order valence-corrected chi connectivity index (χ0v) is 4.03. The van der Waals surface area contributed by atoms with Gasteiger partial charge >= 0.3 is 0 Å². The molecule has 0 aromatic heterocycles. The van der Waals surface area contributed by atoms with Gasteiger partial charge in [-0.2, -0.15) is 0 Å². The van der Waals surface area contributed by atoms with Crippen molar-refractivity contribution >= 4 is 0 Å². The minimum Gasteiger partial charge on any atom is -0.381 e. The van der Waals surface area contributed by atoms with Crippen LogP contribution in [0.4, 0.5) is 0 Å². The van der Waals surface area contributed by atoms with Crippen LogP contribution in [-0.4, -0.2) is 13.2 Å². The molecule has 0 radical (unpaired) electrons. The highest BCUT2D eigenvalue weighted by atomic mass is 16.5. The molecule has 1 heterocycles. The van der Waals surface area contributed by atoms with Crippen molar-refractivity contribution in [2.45, 2.75) is 13.3 Å². The Morgan fingerprint density at radius 3 is 3.00 bits per heavy atom. The van der Waals surface area contributed by atoms with E-state index >= 15 is 0 Å². The zero-order valence-electron chi connectivity index (χ0n) is 5.03. The highest BCUT2D eigenvalue weighted by Crippen LogP contribution is 2.09. The van der Waals surface area contributed by atoms with E-state index in [1.54, 1.807) is 0 Å². The number of hydrogen-bond acceptors (Lipinski definition) is 1. The Morgan fingerprint density at radius 2 is 2.83 bits per heavy atom. The molecule has 0 saturated carbocycles. The summed E-state index contributed by atoms with van der Waals surface area (Å²) in [4.78, 5) is 0. The first kappa shape index (κ1) is 3.03. The van der Waals surface area contributed by atoms with E-state index in [-0.39, 0.29) is 5.89 Å². The second kappa shape index (κ2) is 1.61. The molecule has 1 heteroatoms. The van der Waals surface area contributed by atoms with Gasteiger partial charge < -0.3 is 4.74 Å². The maximum atomic E-state index is 7.36. The standard InChI is InChI=1S/C5H10O/c1-5-2-3-6-4-5/h5H,2-4H2,1H3/t5-/m1/s1/i5D. The third-order valence-electron chi connectivity index (χ3n) is 1.02. The largest absolute Gasteiger partial charge is 0.381 e. The molecule has 0 amide bonds. The quantitative estimate of drug-likeness (QED) is 0.429. The van der Waals surface area contributed by atoms with Gasteiger partial charge in [0, 0.05) is 14.6 Å². The summed E-state index contributed by atoms with van der Waals surface area (Å²) in [6.07, 6.45) is 0.896. The van der Waals surface area contributed by atoms with Gasteiger partial charge in [-0.25, -0.2) is 0 Å². The average molecular weight is 87.1 g/mol. The molecule has 0 aromatic rings. The van der Waals surface area contributed by atoms with Crippen LogP contribution < -0.4 is 0 Å². The Hall–Kier alpha value is -0.0400. The van der Waals surface area contributed by atoms with Crippen LogP contribution in [0.5, 0.6) is 0 Å². The molecule has 1 saturated heterocycles. The van der Waals surface area contributed by atoms with Crippen LogP contribution in [0, 0.1) is 5.89 Å². The molecule has 0 aliphatic carbocycles. The predicted octanol–water partition coefficient (Wildman–Crippen LogP) is 1.04. The fraction of sp³-hybridized carbons (Fsp3) is 1.00. The first-order chi connectivity index (χ1) is 3.21. The topological polar surface area (TPSA) is 9.23 Å². The highest BCUT2D eigenvalue weighted by molar-refractivity contribution is 4.55. The van der Waals surface area contributed by atoms with E-state index in [0.29, 0.717) is 6.61 Å². The molecule has 0 N–H and O–H groups in total. The Balaban J connectivity index is 2.40. The highest BCUT2D eigenvalue weighted by Gasteiger charge is 2.07. The molecular weight excluding hydrogens is 76.1 g/mol. The maximum absolute atomic E-state index is 7.36. The van der Waals surface area contributed by atoms with E-state index < -0.39 is 0 Å². The lowest BCUT2D eigenvalue weighted by Crippen LogP contribution is -1.88. The summed E-state index contributed by atoms with van der Waals surface area (Å²) in [5.41, 5.74) is 0. The summed E-state index contributed by atoms with van der Waals surface area (Å²) in [6, 6.07) is 0. The molecule has 6 heavy (non-hydrogen) atoms. The predicted molar refractivity (Wildman–Crippen MR) is 24.6 cm³/mol. The van der Waals surface area contributed by atoms with Crippen LogP contribution in [0.25, 0.3) is 0 Å². The molecular formula is C5H10O. The molecule has 1 atom stereocenters. The SMILES string of the molecule is [2H][C@@]1(C)CCOC1. The smallest absolute Gasteiger partial charge is 0.0492 e. The third-order valence-corrected chi connectivity index (χ3v) is 1.02. The Labute approximate surface area is 39.7 Å². The lowest BCUT2D eigenvalue weighted by atomic mass is 10.2. The van der Waals surface area contributed by atoms with Gasteiger partial charge in [-0.15, -0.1) is 0 Å². The monoisotopic (exact) mass is 87.1 g/mol. The van der Waals surface area contributed by atoms with Gasteiger partial charge in [-0.1, -0.05) is 6.92 Å². The van der Waals surface area contributed by atoms with E-state index in [4.69, 9.17) is 6.11 Å². The zero-order chi connectivity index (χ0) is 5.33. The fourth-order valence-corrected chi connectivity index (χ4v) is 0.565. The molecule has 1 aliphatic rings. The van der Waals surface area contributed by atoms with Gasteiger partial charge in [-0.3, -0.25) is 0 Å². The van der Waals surface area contributed by atoms with Gasteiger partial charge in [0.25, 0.3) is 0 Å². The number of ether oxygens (including phenoxy) is 1. The van der Waals surface area contributed by atoms with Crippen LogP contribution in [-0.2, 0) is 4.74 Å². The van der Waals surface area contributed by atoms with Gasteiger partial charge in [-0.05, 0) is 12.3 Å². The summed E-state index contributed by atoms with van der Waals surface area (Å²) in [5.74, 6) is -0.278. The maximum Gasteiger partial charge on any atom is 0.0492 e. The summed E-state index contributed by atoms with van der Waals surface area (Å²) >= 11 is 0. The lowest BCUT2D eigenvalue weighted by molar-refractivity contribution is 0.188. The first-order valence-corrected chi connectivity index (χ1v) is 2.28. The van der Waals surface area contributed by atoms with Gasteiger partial charge in [0.1, 0.15) is 0 Å². The van der Waals surface area contributed by atoms with Crippen molar-refractivity contribution in [3.05, 3.63) is 0 Å². The fourth-order valence-electron chi connectivity index (χ4n) is 0.565. The van der Waals surface area contributed by atoms with E-state index in [1.165, 1.54) is 0 Å². The van der Waals surface area contributed by atoms with Crippen molar-refractivity contribution in [2.75, 3.05) is 13.2 Å². The normalized spacial score (nSPS) is 49.2. The molecule has 0 bridgehead atoms. The Morgan fingerprint density at radius 1 is 2.00 bits per heavy atom. The minimum absolute atomic E-state index is 0.278. The molecule has 0 aromatic carbocycles. The second-order valence-corrected chi connectivity index (χ2v) is 1.76. The van der Waals surface area contributed by atoms with Crippen LogP contribution in [0.2, 0.25) is 0 Å². The van der Waals surface area contributed by atoms with E-state index in [0.717, 1.165) is 13.0 Å². The van der Waals surface area contributed by atoms with Gasteiger partial charge in [0.15, 0.2) is 0 Å². The van der Waals surface area contributed by atoms with Crippen molar-refractivity contribution in [1.82, 2.24) is 0 Å². The van der Waals surface area contributed by atoms with Crippen molar-refractivity contribution in [3.8, 4) is 0 Å². The molecule has 1 aliphatic heterocycles. The Bertz CT molecular complexity index is 62.5. The van der Waals surface area contributed by atoms with E-state index in [9.17, 15) is 0 Å². The third kappa shape index (κ3) is 0.716. The van der Waals surface area contributed by atoms with Gasteiger partial charge in [0.05, 0.1) is 0 Å². The first-order valence-electron chi connectivity index (χ1n) is 2.78. The van der Waals surface area contributed by atoms with Crippen LogP contribution in [0.15, 0.2) is 0 Å². The minimum atomic E-state index is -0.278. The van der Waals surface area contributed by atoms with Crippen molar-refractivity contribution in [2.24, 2.45) is 5.89 Å². The second-order valence-electron chi connectivity index (χ2n) is 1.76. The van der Waals surface area contributed by atoms with Gasteiger partial charge in [0.2, 0.25) is 0 Å². The van der Waals surface area contributed by atoms with E-state index in [1.807, 2.05) is 6.92 Å². The molecule has 1 rings (SSSR count). The number of rotatable bonds is 0. The summed E-state index contributed by atoms with van der Waals surface area (Å²) in [6.45, 7) is 3.30. The van der Waals surface area contributed by atoms with Crippen molar-refractivity contribution < 1.29 is 6.11 Å². The van der Waals surface area contributed by atoms with Crippen molar-refractivity contribution in [3.63, 3.8) is 0 Å². The summed E-state index contributed by atoms with van der Waals surface area (Å²) in [5, 5.41) is 0. The number of hydrogen-bond donors (Lipinski definition) is 0. The van der Waals surface area contributed by atoms with Crippen LogP contribution >= 0.6 is 0 Å². The average Bonchev–Trinajstić information content (AvgIpc) is 1.84. The molecule has 1 nitrogen and oxygen atoms in total. The summed E-state index contributed by atoms with van der Waals surface area (Å²) < 4.78 is 12.3. The van der Waals surface area contributed by atoms with Crippen molar-refractivity contribution in [1.29, 1.82) is 0 Å². The van der Waals surface area contributed by atoms with E-state index in [2.05, 4.69) is 0 Å². The molecule has 1 fully saturated rings. The lowest BCUT2D eigenvalue weighted by Gasteiger charge is -1.89. The van der Waals surface area contributed by atoms with Crippen LogP contribution in [0.3, 0.4) is 0 Å².